The van der Waals surface area contributed by atoms with Gasteiger partial charge in [-0.1, -0.05) is 12.1 Å². The number of ether oxygens (including phenoxy) is 2. The number of guanidine groups is 1. The van der Waals surface area contributed by atoms with Gasteiger partial charge in [-0.15, -0.1) is 0 Å². The highest BCUT2D eigenvalue weighted by Gasteiger charge is 2.26. The molecule has 1 unspecified atom stereocenters. The van der Waals surface area contributed by atoms with Crippen molar-refractivity contribution in [2.24, 2.45) is 4.99 Å². The minimum absolute atomic E-state index is 0.140. The minimum atomic E-state index is -2.84. The molecule has 3 rings (SSSR count). The van der Waals surface area contributed by atoms with Crippen molar-refractivity contribution in [2.45, 2.75) is 26.0 Å². The monoisotopic (exact) mass is 419 g/mol. The average molecular weight is 419 g/mol. The van der Waals surface area contributed by atoms with Crippen LogP contribution in [0.5, 0.6) is 11.5 Å². The Labute approximate surface area is 175 Å². The first-order chi connectivity index (χ1) is 14.7. The molecule has 2 heterocycles. The normalized spacial score (nSPS) is 16.6. The minimum Gasteiger partial charge on any atom is -0.490 e. The quantitative estimate of drug-likeness (QED) is 0.370. The lowest BCUT2D eigenvalue weighted by Gasteiger charge is -2.22. The number of hydrogen-bond donors (Lipinski definition) is 2. The summed E-state index contributed by atoms with van der Waals surface area (Å²) >= 11 is 0. The highest BCUT2D eigenvalue weighted by Crippen LogP contribution is 2.31. The number of benzene rings is 1. The van der Waals surface area contributed by atoms with E-state index in [-0.39, 0.29) is 11.8 Å². The lowest BCUT2D eigenvalue weighted by Crippen LogP contribution is -2.44. The maximum absolute atomic E-state index is 12.7. The molecule has 0 amide bonds. The molecule has 0 aliphatic carbocycles. The van der Waals surface area contributed by atoms with Crippen LogP contribution in [0.4, 0.5) is 14.5 Å². The van der Waals surface area contributed by atoms with Gasteiger partial charge in [0.15, 0.2) is 5.96 Å². The van der Waals surface area contributed by atoms with Crippen molar-refractivity contribution in [3.8, 4) is 11.5 Å². The van der Waals surface area contributed by atoms with Crippen LogP contribution in [0.2, 0.25) is 0 Å². The van der Waals surface area contributed by atoms with Crippen LogP contribution in [0.1, 0.15) is 13.3 Å². The van der Waals surface area contributed by atoms with Gasteiger partial charge in [0.25, 0.3) is 0 Å². The summed E-state index contributed by atoms with van der Waals surface area (Å²) in [5.74, 6) is 1.61. The second kappa shape index (κ2) is 11.2. The first-order valence-corrected chi connectivity index (χ1v) is 10.0. The number of anilines is 1. The summed E-state index contributed by atoms with van der Waals surface area (Å²) < 4.78 is 35.7. The molecular weight excluding hydrogens is 392 g/mol. The van der Waals surface area contributed by atoms with Crippen LogP contribution in [-0.2, 0) is 0 Å². The maximum atomic E-state index is 12.7. The van der Waals surface area contributed by atoms with E-state index in [4.69, 9.17) is 4.74 Å². The number of aliphatic imine (C=N–C) groups is 1. The summed E-state index contributed by atoms with van der Waals surface area (Å²) in [5.41, 5.74) is 0.675. The molecular formula is C21H27F2N5O2. The van der Waals surface area contributed by atoms with E-state index in [0.717, 1.165) is 19.5 Å². The molecule has 0 radical (unpaired) electrons. The fraction of sp³-hybridized carbons (Fsp3) is 0.429. The predicted molar refractivity (Wildman–Crippen MR) is 113 cm³/mol. The van der Waals surface area contributed by atoms with Gasteiger partial charge in [-0.25, -0.2) is 4.99 Å². The molecule has 30 heavy (non-hydrogen) atoms. The Morgan fingerprint density at radius 2 is 2.17 bits per heavy atom. The third-order valence-corrected chi connectivity index (χ3v) is 4.56. The Kier molecular flexibility index (Phi) is 8.05. The molecule has 1 fully saturated rings. The van der Waals surface area contributed by atoms with Gasteiger partial charge in [0.1, 0.15) is 18.1 Å². The first kappa shape index (κ1) is 21.6. The molecule has 9 heteroatoms. The molecule has 1 saturated heterocycles. The fourth-order valence-corrected chi connectivity index (χ4v) is 3.28. The predicted octanol–water partition coefficient (Wildman–Crippen LogP) is 2.90. The molecule has 1 aromatic carbocycles. The molecule has 0 saturated carbocycles. The van der Waals surface area contributed by atoms with Crippen molar-refractivity contribution in [3.05, 3.63) is 48.8 Å². The second-order valence-electron chi connectivity index (χ2n) is 6.72. The van der Waals surface area contributed by atoms with Gasteiger partial charge in [0.2, 0.25) is 0 Å². The van der Waals surface area contributed by atoms with Gasteiger partial charge in [-0.2, -0.15) is 8.78 Å². The van der Waals surface area contributed by atoms with E-state index in [1.165, 1.54) is 0 Å². The highest BCUT2D eigenvalue weighted by atomic mass is 19.3. The van der Waals surface area contributed by atoms with Crippen molar-refractivity contribution in [2.75, 3.05) is 37.7 Å². The van der Waals surface area contributed by atoms with E-state index in [1.54, 1.807) is 30.6 Å². The fourth-order valence-electron chi connectivity index (χ4n) is 3.28. The van der Waals surface area contributed by atoms with Crippen LogP contribution in [0.15, 0.2) is 53.8 Å². The summed E-state index contributed by atoms with van der Waals surface area (Å²) in [6.45, 7) is 2.23. The number of nitrogens with zero attached hydrogens (tertiary/aromatic N) is 3. The number of hydrogen-bond acceptors (Lipinski definition) is 5. The summed E-state index contributed by atoms with van der Waals surface area (Å²) in [4.78, 5) is 10.6. The zero-order valence-corrected chi connectivity index (χ0v) is 16.9. The second-order valence-corrected chi connectivity index (χ2v) is 6.72. The number of para-hydroxylation sites is 2. The van der Waals surface area contributed by atoms with Crippen molar-refractivity contribution in [1.29, 1.82) is 0 Å². The zero-order valence-electron chi connectivity index (χ0n) is 16.9. The highest BCUT2D eigenvalue weighted by molar-refractivity contribution is 5.80. The topological polar surface area (TPSA) is 71.0 Å². The van der Waals surface area contributed by atoms with Crippen LogP contribution < -0.4 is 25.0 Å². The number of alkyl halides is 2. The van der Waals surface area contributed by atoms with Crippen LogP contribution in [0, 0.1) is 0 Å². The number of nitrogens with one attached hydrogen (secondary N) is 2. The number of aromatic nitrogens is 1. The smallest absolute Gasteiger partial charge is 0.387 e. The molecule has 2 aromatic rings. The molecule has 1 atom stereocenters. The Morgan fingerprint density at radius 3 is 2.93 bits per heavy atom. The third-order valence-electron chi connectivity index (χ3n) is 4.56. The Hall–Kier alpha value is -3.10. The lowest BCUT2D eigenvalue weighted by atomic mass is 10.2. The Morgan fingerprint density at radius 1 is 1.30 bits per heavy atom. The van der Waals surface area contributed by atoms with Gasteiger partial charge >= 0.3 is 6.61 Å². The molecule has 0 bridgehead atoms. The molecule has 7 nitrogen and oxygen atoms in total. The molecule has 2 N–H and O–H groups in total. The van der Waals surface area contributed by atoms with E-state index in [9.17, 15) is 8.78 Å². The zero-order chi connectivity index (χ0) is 21.2. The van der Waals surface area contributed by atoms with Gasteiger partial charge in [-0.3, -0.25) is 4.98 Å². The van der Waals surface area contributed by atoms with E-state index >= 15 is 0 Å². The third kappa shape index (κ3) is 6.47. The molecule has 162 valence electrons. The van der Waals surface area contributed by atoms with Crippen molar-refractivity contribution in [3.63, 3.8) is 0 Å². The number of rotatable bonds is 9. The van der Waals surface area contributed by atoms with Crippen LogP contribution in [-0.4, -0.2) is 56.4 Å². The van der Waals surface area contributed by atoms with E-state index in [0.29, 0.717) is 37.1 Å². The lowest BCUT2D eigenvalue weighted by molar-refractivity contribution is -0.0495. The average Bonchev–Trinajstić information content (AvgIpc) is 3.20. The van der Waals surface area contributed by atoms with Crippen LogP contribution >= 0.6 is 0 Å². The molecule has 1 aliphatic rings. The standard InChI is InChI=1S/C21H27F2N5O2/c1-2-25-21(26-11-13-29-17-6-5-10-24-14-17)27-16-9-12-28(15-16)18-7-3-4-8-19(18)30-20(22)23/h3-8,10,14,16,20H,2,9,11-13,15H2,1H3,(H2,25,26,27). The van der Waals surface area contributed by atoms with Gasteiger partial charge < -0.3 is 25.0 Å². The summed E-state index contributed by atoms with van der Waals surface area (Å²) in [6.07, 6.45) is 4.22. The SMILES string of the molecule is CCNC(=NCCOc1cccnc1)NC1CCN(c2ccccc2OC(F)F)C1. The first-order valence-electron chi connectivity index (χ1n) is 10.0. The summed E-state index contributed by atoms with van der Waals surface area (Å²) in [5, 5.41) is 6.64. The Balaban J connectivity index is 1.53. The largest absolute Gasteiger partial charge is 0.490 e. The van der Waals surface area contributed by atoms with Gasteiger partial charge in [-0.05, 0) is 37.6 Å². The van der Waals surface area contributed by atoms with Crippen molar-refractivity contribution in [1.82, 2.24) is 15.6 Å². The maximum Gasteiger partial charge on any atom is 0.387 e. The van der Waals surface area contributed by atoms with E-state index < -0.39 is 6.61 Å². The number of pyridine rings is 1. The molecule has 0 spiro atoms. The van der Waals surface area contributed by atoms with Gasteiger partial charge in [0, 0.05) is 31.9 Å². The molecule has 1 aromatic heterocycles. The van der Waals surface area contributed by atoms with Gasteiger partial charge in [0.05, 0.1) is 18.4 Å². The Bertz CT molecular complexity index is 807. The summed E-state index contributed by atoms with van der Waals surface area (Å²) in [7, 11) is 0. The van der Waals surface area contributed by atoms with Crippen LogP contribution in [0.25, 0.3) is 0 Å². The van der Waals surface area contributed by atoms with Crippen LogP contribution in [0.3, 0.4) is 0 Å². The van der Waals surface area contributed by atoms with Crippen molar-refractivity contribution < 1.29 is 18.3 Å². The number of halogens is 2. The molecule has 1 aliphatic heterocycles. The van der Waals surface area contributed by atoms with Crippen molar-refractivity contribution >= 4 is 11.6 Å². The van der Waals surface area contributed by atoms with E-state index in [1.807, 2.05) is 30.0 Å². The summed E-state index contributed by atoms with van der Waals surface area (Å²) in [6, 6.07) is 10.7. The van der Waals surface area contributed by atoms with E-state index in [2.05, 4.69) is 25.3 Å².